The number of aromatic carboxylic acids is 1. The second-order valence-corrected chi connectivity index (χ2v) is 8.29. The number of furan rings is 1. The summed E-state index contributed by atoms with van der Waals surface area (Å²) in [7, 11) is 0. The lowest BCUT2D eigenvalue weighted by Crippen LogP contribution is -2.14. The quantitative estimate of drug-likeness (QED) is 0.329. The molecule has 6 rings (SSSR count). The molecule has 6 aromatic rings. The number of H-pyrrole nitrogens is 1. The monoisotopic (exact) mass is 488 g/mol. The van der Waals surface area contributed by atoms with Crippen LogP contribution in [0.1, 0.15) is 16.1 Å². The summed E-state index contributed by atoms with van der Waals surface area (Å²) in [5.74, 6) is -1.89. The van der Waals surface area contributed by atoms with Gasteiger partial charge in [-0.25, -0.2) is 19.2 Å². The molecule has 0 fully saturated rings. The third-order valence-electron chi connectivity index (χ3n) is 5.95. The van der Waals surface area contributed by atoms with Crippen molar-refractivity contribution in [3.05, 3.63) is 93.7 Å². The molecule has 0 saturated carbocycles. The molecule has 0 bridgehead atoms. The predicted octanol–water partition coefficient (Wildman–Crippen LogP) is 5.23. The first-order valence-corrected chi connectivity index (χ1v) is 10.8. The van der Waals surface area contributed by atoms with Crippen molar-refractivity contribution in [1.29, 1.82) is 0 Å². The Labute approximate surface area is 200 Å². The number of fused-ring (bicyclic) bond motifs is 4. The fourth-order valence-corrected chi connectivity index (χ4v) is 4.68. The summed E-state index contributed by atoms with van der Waals surface area (Å²) in [6.45, 7) is -0.0504. The molecule has 0 radical (unpaired) electrons. The SMILES string of the molecule is O=C(O)c1c(-c2ccc[nH]c2=O)c2c3occc3c(F)cc2n1Cc1cc2cccnc2nc1Cl. The summed E-state index contributed by atoms with van der Waals surface area (Å²) < 4.78 is 22.0. The minimum Gasteiger partial charge on any atom is -0.477 e. The molecule has 35 heavy (non-hydrogen) atoms. The highest BCUT2D eigenvalue weighted by molar-refractivity contribution is 6.30. The van der Waals surface area contributed by atoms with Gasteiger partial charge in [-0.15, -0.1) is 0 Å². The van der Waals surface area contributed by atoms with Crippen molar-refractivity contribution in [1.82, 2.24) is 19.5 Å². The fourth-order valence-electron chi connectivity index (χ4n) is 4.48. The molecule has 0 aliphatic carbocycles. The van der Waals surface area contributed by atoms with E-state index in [2.05, 4.69) is 15.0 Å². The van der Waals surface area contributed by atoms with E-state index in [4.69, 9.17) is 16.0 Å². The van der Waals surface area contributed by atoms with E-state index in [0.29, 0.717) is 22.0 Å². The number of benzene rings is 1. The molecule has 0 atom stereocenters. The number of hydrogen-bond donors (Lipinski definition) is 2. The lowest BCUT2D eigenvalue weighted by molar-refractivity contribution is 0.0687. The number of halogens is 2. The summed E-state index contributed by atoms with van der Waals surface area (Å²) >= 11 is 6.43. The zero-order valence-electron chi connectivity index (χ0n) is 17.8. The minimum atomic E-state index is -1.30. The Morgan fingerprint density at radius 1 is 1.23 bits per heavy atom. The van der Waals surface area contributed by atoms with E-state index in [9.17, 15) is 14.7 Å². The van der Waals surface area contributed by atoms with Gasteiger partial charge in [0.25, 0.3) is 5.56 Å². The third kappa shape index (κ3) is 3.20. The molecule has 8 nitrogen and oxygen atoms in total. The molecule has 5 heterocycles. The standard InChI is InChI=1S/C25H14ClFN4O4/c26-22-13(9-12-3-1-6-28-23(12)30-22)11-31-17-10-16(27)14-5-8-35-21(14)19(17)18(20(31)25(33)34)15-4-2-7-29-24(15)32/h1-10H,11H2,(H,29,32)(H,33,34). The molecule has 0 aliphatic heterocycles. The smallest absolute Gasteiger partial charge is 0.353 e. The highest BCUT2D eigenvalue weighted by Crippen LogP contribution is 2.40. The number of carboxylic acid groups (broad SMARTS) is 1. The molecule has 0 saturated heterocycles. The average Bonchev–Trinajstić information content (AvgIpc) is 3.44. The molecule has 5 aromatic heterocycles. The Balaban J connectivity index is 1.73. The summed E-state index contributed by atoms with van der Waals surface area (Å²) in [6, 6.07) is 11.1. The maximum atomic E-state index is 15.0. The fraction of sp³-hybridized carbons (Fsp3) is 0.0400. The van der Waals surface area contributed by atoms with Gasteiger partial charge in [0.05, 0.1) is 34.7 Å². The second-order valence-electron chi connectivity index (χ2n) is 7.93. The van der Waals surface area contributed by atoms with E-state index < -0.39 is 17.3 Å². The van der Waals surface area contributed by atoms with Crippen LogP contribution in [0, 0.1) is 5.82 Å². The van der Waals surface area contributed by atoms with E-state index in [1.807, 2.05) is 6.07 Å². The lowest BCUT2D eigenvalue weighted by Gasteiger charge is -2.11. The van der Waals surface area contributed by atoms with Crippen molar-refractivity contribution in [2.24, 2.45) is 0 Å². The maximum absolute atomic E-state index is 15.0. The van der Waals surface area contributed by atoms with Crippen LogP contribution >= 0.6 is 11.6 Å². The Morgan fingerprint density at radius 2 is 2.09 bits per heavy atom. The number of pyridine rings is 3. The number of carbonyl (C=O) groups is 1. The first-order chi connectivity index (χ1) is 16.9. The van der Waals surface area contributed by atoms with Crippen molar-refractivity contribution in [3.8, 4) is 11.1 Å². The number of carboxylic acids is 1. The molecule has 10 heteroatoms. The van der Waals surface area contributed by atoms with Gasteiger partial charge in [0.2, 0.25) is 0 Å². The molecule has 172 valence electrons. The number of hydrogen-bond acceptors (Lipinski definition) is 5. The molecular formula is C25H14ClFN4O4. The van der Waals surface area contributed by atoms with Crippen molar-refractivity contribution < 1.29 is 18.7 Å². The third-order valence-corrected chi connectivity index (χ3v) is 6.28. The largest absolute Gasteiger partial charge is 0.477 e. The Hall–Kier alpha value is -4.50. The number of rotatable bonds is 4. The predicted molar refractivity (Wildman–Crippen MR) is 128 cm³/mol. The zero-order valence-corrected chi connectivity index (χ0v) is 18.5. The van der Waals surface area contributed by atoms with Gasteiger partial charge in [-0.1, -0.05) is 11.6 Å². The van der Waals surface area contributed by atoms with Gasteiger partial charge in [0.1, 0.15) is 22.2 Å². The summed E-state index contributed by atoms with van der Waals surface area (Å²) in [5, 5.41) is 11.6. The van der Waals surface area contributed by atoms with Crippen LogP contribution in [0.3, 0.4) is 0 Å². The van der Waals surface area contributed by atoms with E-state index in [0.717, 1.165) is 0 Å². The average molecular weight is 489 g/mol. The van der Waals surface area contributed by atoms with E-state index in [1.54, 1.807) is 24.4 Å². The van der Waals surface area contributed by atoms with Crippen LogP contribution < -0.4 is 5.56 Å². The molecule has 2 N–H and O–H groups in total. The molecule has 0 aliphatic rings. The van der Waals surface area contributed by atoms with Crippen molar-refractivity contribution in [3.63, 3.8) is 0 Å². The topological polar surface area (TPSA) is 114 Å². The number of nitrogens with zero attached hydrogens (tertiary/aromatic N) is 3. The van der Waals surface area contributed by atoms with Gasteiger partial charge in [0, 0.05) is 28.9 Å². The Morgan fingerprint density at radius 3 is 2.89 bits per heavy atom. The summed E-state index contributed by atoms with van der Waals surface area (Å²) in [4.78, 5) is 36.4. The van der Waals surface area contributed by atoms with Gasteiger partial charge in [-0.05, 0) is 42.5 Å². The van der Waals surface area contributed by atoms with Gasteiger partial charge >= 0.3 is 5.97 Å². The highest BCUT2D eigenvalue weighted by Gasteiger charge is 2.29. The van der Waals surface area contributed by atoms with Crippen molar-refractivity contribution in [2.75, 3.05) is 0 Å². The van der Waals surface area contributed by atoms with Crippen LogP contribution in [0.25, 0.3) is 44.0 Å². The van der Waals surface area contributed by atoms with Crippen LogP contribution in [0.15, 0.2) is 70.3 Å². The minimum absolute atomic E-state index is 0.0504. The van der Waals surface area contributed by atoms with E-state index >= 15 is 4.39 Å². The van der Waals surface area contributed by atoms with Gasteiger partial charge in [0.15, 0.2) is 5.65 Å². The number of nitrogens with one attached hydrogen (secondary N) is 1. The Kier molecular flexibility index (Phi) is 4.68. The second kappa shape index (κ2) is 7.78. The number of aromatic amines is 1. The zero-order chi connectivity index (χ0) is 24.3. The van der Waals surface area contributed by atoms with Crippen LogP contribution in [0.4, 0.5) is 4.39 Å². The van der Waals surface area contributed by atoms with E-state index in [1.165, 1.54) is 35.2 Å². The first kappa shape index (κ1) is 21.1. The Bertz CT molecular complexity index is 1870. The van der Waals surface area contributed by atoms with Crippen LogP contribution in [-0.2, 0) is 6.54 Å². The summed E-state index contributed by atoms with van der Waals surface area (Å²) in [6.07, 6.45) is 4.36. The molecule has 0 spiro atoms. The molecular weight excluding hydrogens is 475 g/mol. The molecule has 0 unspecified atom stereocenters. The van der Waals surface area contributed by atoms with Gasteiger partial charge in [-0.2, -0.15) is 0 Å². The van der Waals surface area contributed by atoms with E-state index in [-0.39, 0.29) is 45.0 Å². The van der Waals surface area contributed by atoms with Gasteiger partial charge < -0.3 is 19.1 Å². The highest BCUT2D eigenvalue weighted by atomic mass is 35.5. The van der Waals surface area contributed by atoms with Crippen LogP contribution in [-0.4, -0.2) is 30.6 Å². The first-order valence-electron chi connectivity index (χ1n) is 10.5. The van der Waals surface area contributed by atoms with Gasteiger partial charge in [-0.3, -0.25) is 4.79 Å². The van der Waals surface area contributed by atoms with Crippen molar-refractivity contribution in [2.45, 2.75) is 6.54 Å². The normalized spacial score (nSPS) is 11.6. The number of aromatic nitrogens is 4. The molecule has 0 amide bonds. The summed E-state index contributed by atoms with van der Waals surface area (Å²) in [5.41, 5.74) is 0.869. The van der Waals surface area contributed by atoms with Crippen molar-refractivity contribution >= 4 is 50.5 Å². The molecule has 1 aromatic carbocycles. The lowest BCUT2D eigenvalue weighted by atomic mass is 10.0. The maximum Gasteiger partial charge on any atom is 0.353 e. The van der Waals surface area contributed by atoms with Crippen LogP contribution in [0.5, 0.6) is 0 Å². The van der Waals surface area contributed by atoms with Crippen LogP contribution in [0.2, 0.25) is 5.15 Å².